The molecule has 0 radical (unpaired) electrons. The van der Waals surface area contributed by atoms with E-state index in [9.17, 15) is 0 Å². The van der Waals surface area contributed by atoms with Gasteiger partial charge in [0.1, 0.15) is 5.82 Å². The van der Waals surface area contributed by atoms with Gasteiger partial charge in [-0.25, -0.2) is 4.98 Å². The molecule has 0 bridgehead atoms. The predicted molar refractivity (Wildman–Crippen MR) is 109 cm³/mol. The van der Waals surface area contributed by atoms with Crippen LogP contribution in [-0.2, 0) is 20.1 Å². The Morgan fingerprint density at radius 3 is 2.89 bits per heavy atom. The second kappa shape index (κ2) is 7.26. The Morgan fingerprint density at radius 1 is 1.26 bits per heavy atom. The Kier molecular flexibility index (Phi) is 4.97. The number of halogens is 1. The van der Waals surface area contributed by atoms with E-state index in [2.05, 4.69) is 55.2 Å². The van der Waals surface area contributed by atoms with Gasteiger partial charge in [-0.3, -0.25) is 10.00 Å². The topological polar surface area (TPSA) is 61.8 Å². The molecule has 1 aromatic carbocycles. The zero-order chi connectivity index (χ0) is 17.6. The summed E-state index contributed by atoms with van der Waals surface area (Å²) in [4.78, 5) is 7.22. The second-order valence-electron chi connectivity index (χ2n) is 7.98. The lowest BCUT2D eigenvalue weighted by Crippen LogP contribution is -2.36. The summed E-state index contributed by atoms with van der Waals surface area (Å²) in [7, 11) is 2.09. The van der Waals surface area contributed by atoms with Crippen LogP contribution in [0.2, 0.25) is 0 Å². The van der Waals surface area contributed by atoms with Crippen LogP contribution in [0.5, 0.6) is 0 Å². The predicted octanol–water partition coefficient (Wildman–Crippen LogP) is 2.86. The SMILES string of the molecule is Cl.Cn1ccnc1CN(Cc1ccc2cn[nH]c2c1)C1CC12CCNCC2. The van der Waals surface area contributed by atoms with Crippen LogP contribution < -0.4 is 5.32 Å². The van der Waals surface area contributed by atoms with E-state index in [0.717, 1.165) is 37.5 Å². The van der Waals surface area contributed by atoms with Gasteiger partial charge in [0.25, 0.3) is 0 Å². The highest BCUT2D eigenvalue weighted by Gasteiger charge is 2.56. The van der Waals surface area contributed by atoms with Gasteiger partial charge in [-0.15, -0.1) is 12.4 Å². The fraction of sp³-hybridized carbons (Fsp3) is 0.500. The first-order chi connectivity index (χ1) is 12.7. The smallest absolute Gasteiger partial charge is 0.122 e. The highest BCUT2D eigenvalue weighted by atomic mass is 35.5. The molecule has 27 heavy (non-hydrogen) atoms. The summed E-state index contributed by atoms with van der Waals surface area (Å²) in [6.07, 6.45) is 9.75. The molecule has 6 nitrogen and oxygen atoms in total. The molecule has 5 rings (SSSR count). The van der Waals surface area contributed by atoms with Gasteiger partial charge in [0, 0.05) is 37.4 Å². The Hall–Kier alpha value is -1.89. The van der Waals surface area contributed by atoms with Crippen LogP contribution in [0.4, 0.5) is 0 Å². The van der Waals surface area contributed by atoms with Gasteiger partial charge < -0.3 is 9.88 Å². The normalized spacial score (nSPS) is 20.9. The quantitative estimate of drug-likeness (QED) is 0.707. The van der Waals surface area contributed by atoms with Crippen molar-refractivity contribution in [3.63, 3.8) is 0 Å². The van der Waals surface area contributed by atoms with Crippen LogP contribution in [-0.4, -0.2) is 43.8 Å². The number of hydrogen-bond donors (Lipinski definition) is 2. The zero-order valence-corrected chi connectivity index (χ0v) is 16.5. The summed E-state index contributed by atoms with van der Waals surface area (Å²) in [5.74, 6) is 1.14. The third kappa shape index (κ3) is 3.49. The van der Waals surface area contributed by atoms with E-state index in [4.69, 9.17) is 0 Å². The number of aromatic nitrogens is 4. The van der Waals surface area contributed by atoms with Crippen LogP contribution in [0, 0.1) is 5.41 Å². The lowest BCUT2D eigenvalue weighted by Gasteiger charge is -2.29. The number of hydrogen-bond acceptors (Lipinski definition) is 4. The number of rotatable bonds is 5. The largest absolute Gasteiger partial charge is 0.337 e. The Balaban J connectivity index is 0.00000180. The highest BCUT2D eigenvalue weighted by Crippen LogP contribution is 2.56. The summed E-state index contributed by atoms with van der Waals surface area (Å²) < 4.78 is 2.14. The maximum atomic E-state index is 4.58. The summed E-state index contributed by atoms with van der Waals surface area (Å²) >= 11 is 0. The lowest BCUT2D eigenvalue weighted by molar-refractivity contribution is 0.183. The monoisotopic (exact) mass is 386 g/mol. The van der Waals surface area contributed by atoms with E-state index >= 15 is 0 Å². The molecule has 144 valence electrons. The summed E-state index contributed by atoms with van der Waals surface area (Å²) in [6, 6.07) is 7.31. The van der Waals surface area contributed by atoms with Crippen LogP contribution in [0.1, 0.15) is 30.7 Å². The minimum Gasteiger partial charge on any atom is -0.337 e. The van der Waals surface area contributed by atoms with Crippen molar-refractivity contribution >= 4 is 23.3 Å². The molecule has 2 N–H and O–H groups in total. The molecule has 0 amide bonds. The van der Waals surface area contributed by atoms with Crippen molar-refractivity contribution in [3.8, 4) is 0 Å². The van der Waals surface area contributed by atoms with Gasteiger partial charge in [0.2, 0.25) is 0 Å². The van der Waals surface area contributed by atoms with E-state index in [1.165, 1.54) is 30.2 Å². The zero-order valence-electron chi connectivity index (χ0n) is 15.7. The number of benzene rings is 1. The van der Waals surface area contributed by atoms with Crippen LogP contribution in [0.15, 0.2) is 36.8 Å². The molecule has 2 aliphatic rings. The Bertz CT molecular complexity index is 910. The van der Waals surface area contributed by atoms with Gasteiger partial charge >= 0.3 is 0 Å². The number of fused-ring (bicyclic) bond motifs is 1. The second-order valence-corrected chi connectivity index (χ2v) is 7.98. The fourth-order valence-electron chi connectivity index (χ4n) is 4.63. The number of imidazole rings is 1. The molecule has 1 aliphatic heterocycles. The van der Waals surface area contributed by atoms with Gasteiger partial charge in [0.15, 0.2) is 0 Å². The third-order valence-corrected chi connectivity index (χ3v) is 6.34. The van der Waals surface area contributed by atoms with Crippen LogP contribution in [0.25, 0.3) is 10.9 Å². The number of aromatic amines is 1. The van der Waals surface area contributed by atoms with Crippen molar-refractivity contribution in [2.24, 2.45) is 12.5 Å². The van der Waals surface area contributed by atoms with E-state index < -0.39 is 0 Å². The number of nitrogens with zero attached hydrogens (tertiary/aromatic N) is 4. The van der Waals surface area contributed by atoms with Crippen molar-refractivity contribution in [1.82, 2.24) is 30.0 Å². The molecule has 3 aromatic rings. The minimum absolute atomic E-state index is 0. The molecule has 1 aliphatic carbocycles. The first-order valence-electron chi connectivity index (χ1n) is 9.57. The molecular formula is C20H27ClN6. The molecular weight excluding hydrogens is 360 g/mol. The maximum absolute atomic E-state index is 4.58. The van der Waals surface area contributed by atoms with Crippen molar-refractivity contribution < 1.29 is 0 Å². The van der Waals surface area contributed by atoms with E-state index in [-0.39, 0.29) is 12.4 Å². The Labute approximate surface area is 165 Å². The number of H-pyrrole nitrogens is 1. The molecule has 1 saturated carbocycles. The summed E-state index contributed by atoms with van der Waals surface area (Å²) in [5.41, 5.74) is 2.98. The van der Waals surface area contributed by atoms with Gasteiger partial charge in [-0.05, 0) is 49.4 Å². The van der Waals surface area contributed by atoms with Crippen molar-refractivity contribution in [3.05, 3.63) is 48.2 Å². The van der Waals surface area contributed by atoms with E-state index in [1.54, 1.807) is 0 Å². The average molecular weight is 387 g/mol. The highest BCUT2D eigenvalue weighted by molar-refractivity contribution is 5.85. The van der Waals surface area contributed by atoms with E-state index in [1.807, 2.05) is 18.6 Å². The van der Waals surface area contributed by atoms with Crippen LogP contribution >= 0.6 is 12.4 Å². The first kappa shape index (κ1) is 18.5. The molecule has 1 unspecified atom stereocenters. The fourth-order valence-corrected chi connectivity index (χ4v) is 4.63. The average Bonchev–Trinajstić information content (AvgIpc) is 2.98. The van der Waals surface area contributed by atoms with Crippen molar-refractivity contribution in [1.29, 1.82) is 0 Å². The Morgan fingerprint density at radius 2 is 2.11 bits per heavy atom. The molecule has 1 spiro atoms. The van der Waals surface area contributed by atoms with Crippen molar-refractivity contribution in [2.45, 2.75) is 38.4 Å². The number of piperidine rings is 1. The van der Waals surface area contributed by atoms with Gasteiger partial charge in [0.05, 0.1) is 18.3 Å². The molecule has 3 heterocycles. The number of aryl methyl sites for hydroxylation is 1. The first-order valence-corrected chi connectivity index (χ1v) is 9.57. The molecule has 7 heteroatoms. The van der Waals surface area contributed by atoms with Gasteiger partial charge in [-0.2, -0.15) is 5.10 Å². The number of nitrogens with one attached hydrogen (secondary N) is 2. The summed E-state index contributed by atoms with van der Waals surface area (Å²) in [6.45, 7) is 4.19. The van der Waals surface area contributed by atoms with Crippen LogP contribution in [0.3, 0.4) is 0 Å². The molecule has 2 fully saturated rings. The standard InChI is InChI=1S/C20H26N6.ClH/c1-25-9-8-22-19(25)14-26(18-11-20(18)4-6-21-7-5-20)13-15-2-3-16-12-23-24-17(16)10-15;/h2-3,8-10,12,18,21H,4-7,11,13-14H2,1H3,(H,23,24);1H. The van der Waals surface area contributed by atoms with Crippen molar-refractivity contribution in [2.75, 3.05) is 13.1 Å². The third-order valence-electron chi connectivity index (χ3n) is 6.34. The van der Waals surface area contributed by atoms with Gasteiger partial charge in [-0.1, -0.05) is 12.1 Å². The maximum Gasteiger partial charge on any atom is 0.122 e. The molecule has 2 aromatic heterocycles. The lowest BCUT2D eigenvalue weighted by atomic mass is 9.93. The molecule has 1 atom stereocenters. The minimum atomic E-state index is 0. The molecule has 1 saturated heterocycles. The summed E-state index contributed by atoms with van der Waals surface area (Å²) in [5, 5.41) is 11.9. The van der Waals surface area contributed by atoms with E-state index in [0.29, 0.717) is 11.5 Å².